The van der Waals surface area contributed by atoms with E-state index in [1.165, 1.54) is 16.9 Å². The van der Waals surface area contributed by atoms with Gasteiger partial charge in [-0.15, -0.1) is 11.3 Å². The molecule has 0 bridgehead atoms. The fourth-order valence-corrected chi connectivity index (χ4v) is 2.77. The van der Waals surface area contributed by atoms with Crippen molar-refractivity contribution in [2.45, 2.75) is 13.8 Å². The Labute approximate surface area is 132 Å². The molecule has 2 heterocycles. The van der Waals surface area contributed by atoms with E-state index < -0.39 is 0 Å². The number of aromatic nitrogens is 2. The van der Waals surface area contributed by atoms with E-state index in [1.807, 2.05) is 43.5 Å². The zero-order valence-corrected chi connectivity index (χ0v) is 13.0. The fraction of sp³-hybridized carbons (Fsp3) is 0.118. The second-order valence-corrected chi connectivity index (χ2v) is 5.88. The molecule has 1 aromatic carbocycles. The van der Waals surface area contributed by atoms with E-state index in [-0.39, 0.29) is 5.89 Å². The summed E-state index contributed by atoms with van der Waals surface area (Å²) in [4.78, 5) is 5.22. The van der Waals surface area contributed by atoms with Crippen LogP contribution in [0, 0.1) is 25.2 Å². The van der Waals surface area contributed by atoms with Crippen molar-refractivity contribution in [1.29, 1.82) is 5.26 Å². The standard InChI is InChI=1S/C17H13N3OS/c1-11-5-6-13(12(2)8-11)9-14(10-18)17-19-16(20-21-17)15-4-3-7-22-15/h3-9H,1-2H3/b14-9+. The largest absolute Gasteiger partial charge is 0.333 e. The van der Waals surface area contributed by atoms with Gasteiger partial charge in [-0.25, -0.2) is 0 Å². The normalized spacial score (nSPS) is 11.4. The van der Waals surface area contributed by atoms with Crippen LogP contribution in [0.5, 0.6) is 0 Å². The SMILES string of the molecule is Cc1ccc(/C=C(\C#N)c2nc(-c3cccs3)no2)c(C)c1. The summed E-state index contributed by atoms with van der Waals surface area (Å²) in [5, 5.41) is 15.3. The van der Waals surface area contributed by atoms with Crippen LogP contribution in [-0.2, 0) is 0 Å². The highest BCUT2D eigenvalue weighted by atomic mass is 32.1. The van der Waals surface area contributed by atoms with Crippen LogP contribution in [0.2, 0.25) is 0 Å². The van der Waals surface area contributed by atoms with Crippen molar-refractivity contribution in [3.63, 3.8) is 0 Å². The molecule has 0 aliphatic rings. The Balaban J connectivity index is 1.98. The molecule has 0 N–H and O–H groups in total. The Hall–Kier alpha value is -2.71. The quantitative estimate of drug-likeness (QED) is 0.669. The summed E-state index contributed by atoms with van der Waals surface area (Å²) >= 11 is 1.53. The molecule has 0 amide bonds. The van der Waals surface area contributed by atoms with Gasteiger partial charge in [-0.05, 0) is 42.5 Å². The summed E-state index contributed by atoms with van der Waals surface area (Å²) in [6.45, 7) is 4.05. The third-order valence-electron chi connectivity index (χ3n) is 3.24. The van der Waals surface area contributed by atoms with Crippen molar-refractivity contribution in [3.05, 3.63) is 58.3 Å². The van der Waals surface area contributed by atoms with Crippen LogP contribution in [0.1, 0.15) is 22.6 Å². The van der Waals surface area contributed by atoms with E-state index in [2.05, 4.69) is 22.3 Å². The van der Waals surface area contributed by atoms with Gasteiger partial charge >= 0.3 is 0 Å². The zero-order chi connectivity index (χ0) is 15.5. The van der Waals surface area contributed by atoms with Gasteiger partial charge in [0.05, 0.1) is 4.88 Å². The number of thiophene rings is 1. The van der Waals surface area contributed by atoms with Crippen LogP contribution in [-0.4, -0.2) is 10.1 Å². The molecule has 108 valence electrons. The fourth-order valence-electron chi connectivity index (χ4n) is 2.12. The number of nitriles is 1. The highest BCUT2D eigenvalue weighted by molar-refractivity contribution is 7.13. The van der Waals surface area contributed by atoms with E-state index in [4.69, 9.17) is 4.52 Å². The van der Waals surface area contributed by atoms with Gasteiger partial charge in [-0.3, -0.25) is 0 Å². The summed E-state index contributed by atoms with van der Waals surface area (Å²) in [5.41, 5.74) is 3.62. The summed E-state index contributed by atoms with van der Waals surface area (Å²) < 4.78 is 5.23. The first-order chi connectivity index (χ1) is 10.7. The van der Waals surface area contributed by atoms with E-state index >= 15 is 0 Å². The van der Waals surface area contributed by atoms with Crippen molar-refractivity contribution < 1.29 is 4.52 Å². The van der Waals surface area contributed by atoms with Crippen LogP contribution in [0.3, 0.4) is 0 Å². The van der Waals surface area contributed by atoms with Gasteiger partial charge in [0.2, 0.25) is 5.82 Å². The maximum atomic E-state index is 9.38. The Morgan fingerprint density at radius 1 is 1.32 bits per heavy atom. The number of aryl methyl sites for hydroxylation is 2. The molecular weight excluding hydrogens is 294 g/mol. The smallest absolute Gasteiger partial charge is 0.268 e. The molecule has 0 aliphatic heterocycles. The maximum absolute atomic E-state index is 9.38. The molecule has 0 aliphatic carbocycles. The van der Waals surface area contributed by atoms with Crippen LogP contribution >= 0.6 is 11.3 Å². The third-order valence-corrected chi connectivity index (χ3v) is 4.11. The minimum absolute atomic E-state index is 0.242. The lowest BCUT2D eigenvalue weighted by Crippen LogP contribution is -1.86. The molecule has 0 spiro atoms. The highest BCUT2D eigenvalue weighted by Gasteiger charge is 2.13. The summed E-state index contributed by atoms with van der Waals surface area (Å²) in [6.07, 6.45) is 1.78. The molecule has 3 aromatic rings. The maximum Gasteiger partial charge on any atom is 0.268 e. The third kappa shape index (κ3) is 2.83. The minimum Gasteiger partial charge on any atom is -0.333 e. The van der Waals surface area contributed by atoms with Gasteiger partial charge in [0, 0.05) is 0 Å². The topological polar surface area (TPSA) is 62.7 Å². The predicted octanol–water partition coefficient (Wildman–Crippen LogP) is 4.48. The molecule has 3 rings (SSSR count). The molecule has 0 fully saturated rings. The van der Waals surface area contributed by atoms with Crippen molar-refractivity contribution >= 4 is 23.0 Å². The van der Waals surface area contributed by atoms with Gasteiger partial charge in [-0.2, -0.15) is 10.2 Å². The Morgan fingerprint density at radius 3 is 2.86 bits per heavy atom. The number of hydrogen-bond donors (Lipinski definition) is 0. The lowest BCUT2D eigenvalue weighted by atomic mass is 10.0. The number of rotatable bonds is 3. The van der Waals surface area contributed by atoms with E-state index in [9.17, 15) is 5.26 Å². The van der Waals surface area contributed by atoms with Crippen LogP contribution in [0.25, 0.3) is 22.4 Å². The number of allylic oxidation sites excluding steroid dienone is 1. The van der Waals surface area contributed by atoms with Crippen molar-refractivity contribution in [2.75, 3.05) is 0 Å². The van der Waals surface area contributed by atoms with E-state index in [1.54, 1.807) is 6.08 Å². The Bertz CT molecular complexity index is 870. The Morgan fingerprint density at radius 2 is 2.18 bits per heavy atom. The molecule has 22 heavy (non-hydrogen) atoms. The van der Waals surface area contributed by atoms with Crippen molar-refractivity contribution in [3.8, 4) is 16.8 Å². The monoisotopic (exact) mass is 307 g/mol. The van der Waals surface area contributed by atoms with Crippen molar-refractivity contribution in [2.24, 2.45) is 0 Å². The van der Waals surface area contributed by atoms with Crippen LogP contribution in [0.4, 0.5) is 0 Å². The van der Waals surface area contributed by atoms with E-state index in [0.717, 1.165) is 16.0 Å². The van der Waals surface area contributed by atoms with Crippen molar-refractivity contribution in [1.82, 2.24) is 10.1 Å². The predicted molar refractivity (Wildman–Crippen MR) is 87.0 cm³/mol. The molecular formula is C17H13N3OS. The van der Waals surface area contributed by atoms with Crippen LogP contribution < -0.4 is 0 Å². The molecule has 4 nitrogen and oxygen atoms in total. The zero-order valence-electron chi connectivity index (χ0n) is 12.2. The second kappa shape index (κ2) is 5.96. The lowest BCUT2D eigenvalue weighted by Gasteiger charge is -2.01. The first-order valence-corrected chi connectivity index (χ1v) is 7.62. The Kier molecular flexibility index (Phi) is 3.86. The molecule has 0 atom stereocenters. The first kappa shape index (κ1) is 14.2. The lowest BCUT2D eigenvalue weighted by molar-refractivity contribution is 0.409. The van der Waals surface area contributed by atoms with Gasteiger partial charge in [0.1, 0.15) is 11.6 Å². The van der Waals surface area contributed by atoms with E-state index in [0.29, 0.717) is 11.4 Å². The van der Waals surface area contributed by atoms with Gasteiger partial charge < -0.3 is 4.52 Å². The number of hydrogen-bond acceptors (Lipinski definition) is 5. The first-order valence-electron chi connectivity index (χ1n) is 6.74. The van der Waals surface area contributed by atoms with Crippen LogP contribution in [0.15, 0.2) is 40.2 Å². The number of nitrogens with zero attached hydrogens (tertiary/aromatic N) is 3. The minimum atomic E-state index is 0.242. The van der Waals surface area contributed by atoms with Gasteiger partial charge in [0.15, 0.2) is 0 Å². The van der Waals surface area contributed by atoms with Gasteiger partial charge in [-0.1, -0.05) is 35.0 Å². The summed E-state index contributed by atoms with van der Waals surface area (Å²) in [7, 11) is 0. The molecule has 0 saturated carbocycles. The second-order valence-electron chi connectivity index (χ2n) is 4.93. The summed E-state index contributed by atoms with van der Waals surface area (Å²) in [5.74, 6) is 0.748. The van der Waals surface area contributed by atoms with Gasteiger partial charge in [0.25, 0.3) is 5.89 Å². The average Bonchev–Trinajstić information content (AvgIpc) is 3.17. The molecule has 5 heteroatoms. The molecule has 0 saturated heterocycles. The number of benzene rings is 1. The molecule has 0 unspecified atom stereocenters. The summed E-state index contributed by atoms with van der Waals surface area (Å²) in [6, 6.07) is 12.0. The highest BCUT2D eigenvalue weighted by Crippen LogP contribution is 2.24. The average molecular weight is 307 g/mol. The molecule has 2 aromatic heterocycles. The molecule has 0 radical (unpaired) electrons.